The summed E-state index contributed by atoms with van der Waals surface area (Å²) in [5.41, 5.74) is 1.83. The van der Waals surface area contributed by atoms with Crippen LogP contribution in [0, 0.1) is 25.6 Å². The van der Waals surface area contributed by atoms with Gasteiger partial charge in [-0.1, -0.05) is 12.1 Å². The van der Waals surface area contributed by atoms with Gasteiger partial charge in [0.2, 0.25) is 15.9 Å². The summed E-state index contributed by atoms with van der Waals surface area (Å²) in [7, 11) is -2.57. The average molecular weight is 618 g/mol. The number of hydrogen-bond acceptors (Lipinski definition) is 8. The largest absolute Gasteiger partial charge is 0.488 e. The molecule has 232 valence electrons. The summed E-state index contributed by atoms with van der Waals surface area (Å²) >= 11 is 0. The zero-order chi connectivity index (χ0) is 31.5. The Bertz CT molecular complexity index is 1560. The summed E-state index contributed by atoms with van der Waals surface area (Å²) in [6.45, 7) is 6.80. The van der Waals surface area contributed by atoms with Gasteiger partial charge in [-0.15, -0.1) is 0 Å². The van der Waals surface area contributed by atoms with Gasteiger partial charge in [0.1, 0.15) is 29.1 Å². The monoisotopic (exact) mass is 617 g/mol. The lowest BCUT2D eigenvalue weighted by atomic mass is 10.0. The van der Waals surface area contributed by atoms with E-state index >= 15 is 0 Å². The molecule has 0 spiro atoms. The minimum atomic E-state index is -3.98. The molecule has 1 aromatic heterocycles. The highest BCUT2D eigenvalue weighted by atomic mass is 32.2. The first kappa shape index (κ1) is 31.9. The Morgan fingerprint density at radius 1 is 1.21 bits per heavy atom. The van der Waals surface area contributed by atoms with Crippen molar-refractivity contribution in [3.63, 3.8) is 0 Å². The molecule has 3 amide bonds. The van der Waals surface area contributed by atoms with E-state index in [0.29, 0.717) is 34.1 Å². The van der Waals surface area contributed by atoms with Crippen LogP contribution in [0.1, 0.15) is 30.9 Å². The molecule has 0 bridgehead atoms. The normalized spacial score (nSPS) is 18.2. The number of sulfonamides is 1. The number of aryl methyl sites for hydroxylation is 2. The molecule has 2 aromatic carbocycles. The Morgan fingerprint density at radius 3 is 2.53 bits per heavy atom. The Hall–Kier alpha value is -4.01. The number of rotatable bonds is 8. The predicted octanol–water partition coefficient (Wildman–Crippen LogP) is 3.54. The fraction of sp³-hybridized carbons (Fsp3) is 0.414. The van der Waals surface area contributed by atoms with Crippen LogP contribution in [0.25, 0.3) is 0 Å². The second-order valence-corrected chi connectivity index (χ2v) is 12.8. The molecule has 0 fully saturated rings. The smallest absolute Gasteiger partial charge is 0.323 e. The van der Waals surface area contributed by atoms with E-state index in [9.17, 15) is 27.5 Å². The quantitative estimate of drug-likeness (QED) is 0.347. The number of nitrogens with one attached hydrogen (secondary N) is 2. The molecule has 0 saturated heterocycles. The topological polar surface area (TPSA) is 154 Å². The van der Waals surface area contributed by atoms with E-state index < -0.39 is 34.0 Å². The minimum Gasteiger partial charge on any atom is -0.488 e. The van der Waals surface area contributed by atoms with Crippen molar-refractivity contribution < 1.29 is 36.8 Å². The van der Waals surface area contributed by atoms with Crippen molar-refractivity contribution in [2.75, 3.05) is 37.4 Å². The number of nitrogens with zero attached hydrogens (tertiary/aromatic N) is 3. The van der Waals surface area contributed by atoms with Crippen LogP contribution in [-0.2, 0) is 21.2 Å². The average Bonchev–Trinajstić information content (AvgIpc) is 3.29. The van der Waals surface area contributed by atoms with Crippen molar-refractivity contribution >= 4 is 33.3 Å². The molecule has 14 heteroatoms. The van der Waals surface area contributed by atoms with Crippen molar-refractivity contribution in [1.82, 2.24) is 14.4 Å². The molecule has 1 aliphatic rings. The Morgan fingerprint density at radius 2 is 1.91 bits per heavy atom. The van der Waals surface area contributed by atoms with Crippen LogP contribution in [-0.4, -0.2) is 78.7 Å². The number of fused-ring (bicyclic) bond motifs is 1. The molecule has 4 rings (SSSR count). The third kappa shape index (κ3) is 7.32. The van der Waals surface area contributed by atoms with E-state index in [1.54, 1.807) is 43.9 Å². The SMILES string of the molecule is Cc1noc(C)c1NC(=O)Nc1ccc2c(c1)CC(=O)N([C@@H](C)CO)C[C@H](C)[C@@H](CN(C)S(=O)(=O)c1ccc(F)cc1)O2. The Balaban J connectivity index is 1.62. The van der Waals surface area contributed by atoms with Crippen LogP contribution < -0.4 is 15.4 Å². The summed E-state index contributed by atoms with van der Waals surface area (Å²) in [6.07, 6.45) is -0.788. The second-order valence-electron chi connectivity index (χ2n) is 10.7. The molecule has 3 N–H and O–H groups in total. The summed E-state index contributed by atoms with van der Waals surface area (Å²) in [6, 6.07) is 8.36. The second kappa shape index (κ2) is 13.1. The van der Waals surface area contributed by atoms with Gasteiger partial charge in [0.15, 0.2) is 5.76 Å². The first-order valence-corrected chi connectivity index (χ1v) is 15.2. The van der Waals surface area contributed by atoms with Gasteiger partial charge in [-0.3, -0.25) is 4.79 Å². The van der Waals surface area contributed by atoms with Gasteiger partial charge in [-0.05, 0) is 63.2 Å². The maximum atomic E-state index is 13.5. The number of urea groups is 1. The lowest BCUT2D eigenvalue weighted by Crippen LogP contribution is -2.48. The molecule has 3 aromatic rings. The molecule has 2 heterocycles. The standard InChI is InChI=1S/C29H36FN5O7S/c1-17-14-35(18(2)16-36)27(37)13-21-12-23(31-29(38)32-28-19(3)33-42-20(28)4)8-11-25(21)41-26(17)15-34(5)43(39,40)24-9-6-22(30)7-10-24/h6-12,17-18,26,36H,13-16H2,1-5H3,(H2,31,32,38)/t17-,18-,26+/m0/s1. The lowest BCUT2D eigenvalue weighted by molar-refractivity contribution is -0.134. The molecule has 0 radical (unpaired) electrons. The summed E-state index contributed by atoms with van der Waals surface area (Å²) in [5, 5.41) is 19.1. The van der Waals surface area contributed by atoms with E-state index in [4.69, 9.17) is 9.26 Å². The van der Waals surface area contributed by atoms with Crippen LogP contribution >= 0.6 is 0 Å². The van der Waals surface area contributed by atoms with E-state index in [1.807, 2.05) is 6.92 Å². The Labute approximate surface area is 249 Å². The summed E-state index contributed by atoms with van der Waals surface area (Å²) in [5.74, 6) is -0.361. The highest BCUT2D eigenvalue weighted by molar-refractivity contribution is 7.89. The first-order chi connectivity index (χ1) is 20.3. The van der Waals surface area contributed by atoms with Crippen molar-refractivity contribution in [3.05, 3.63) is 65.3 Å². The van der Waals surface area contributed by atoms with Crippen molar-refractivity contribution in [2.45, 2.75) is 51.2 Å². The molecule has 0 saturated carbocycles. The number of halogens is 1. The number of aromatic nitrogens is 1. The Kier molecular flexibility index (Phi) is 9.72. The van der Waals surface area contributed by atoms with E-state index in [2.05, 4.69) is 15.8 Å². The van der Waals surface area contributed by atoms with Crippen molar-refractivity contribution in [3.8, 4) is 5.75 Å². The minimum absolute atomic E-state index is 0.0659. The maximum absolute atomic E-state index is 13.5. The van der Waals surface area contributed by atoms with Gasteiger partial charge in [-0.25, -0.2) is 17.6 Å². The van der Waals surface area contributed by atoms with Gasteiger partial charge < -0.3 is 29.9 Å². The molecule has 12 nitrogen and oxygen atoms in total. The fourth-order valence-corrected chi connectivity index (χ4v) is 5.98. The fourth-order valence-electron chi connectivity index (χ4n) is 4.80. The number of hydrogen-bond donors (Lipinski definition) is 3. The number of aliphatic hydroxyl groups excluding tert-OH is 1. The van der Waals surface area contributed by atoms with Crippen molar-refractivity contribution in [1.29, 1.82) is 0 Å². The van der Waals surface area contributed by atoms with E-state index in [1.165, 1.54) is 19.2 Å². The van der Waals surface area contributed by atoms with E-state index in [-0.39, 0.29) is 42.8 Å². The zero-order valence-corrected chi connectivity index (χ0v) is 25.4. The first-order valence-electron chi connectivity index (χ1n) is 13.7. The van der Waals surface area contributed by atoms with Gasteiger partial charge in [-0.2, -0.15) is 4.31 Å². The van der Waals surface area contributed by atoms with Gasteiger partial charge >= 0.3 is 6.03 Å². The molecule has 0 unspecified atom stereocenters. The van der Waals surface area contributed by atoms with Gasteiger partial charge in [0, 0.05) is 30.8 Å². The molecule has 0 aliphatic carbocycles. The van der Waals surface area contributed by atoms with Crippen LogP contribution in [0.15, 0.2) is 51.9 Å². The molecular formula is C29H36FN5O7S. The zero-order valence-electron chi connectivity index (χ0n) is 24.6. The maximum Gasteiger partial charge on any atom is 0.323 e. The van der Waals surface area contributed by atoms with E-state index in [0.717, 1.165) is 16.4 Å². The third-order valence-electron chi connectivity index (χ3n) is 7.41. The molecule has 1 aliphatic heterocycles. The number of benzene rings is 2. The van der Waals surface area contributed by atoms with Gasteiger partial charge in [0.25, 0.3) is 0 Å². The number of anilines is 2. The number of aliphatic hydroxyl groups is 1. The summed E-state index contributed by atoms with van der Waals surface area (Å²) in [4.78, 5) is 27.7. The van der Waals surface area contributed by atoms with Crippen LogP contribution in [0.5, 0.6) is 5.75 Å². The number of carbonyl (C=O) groups excluding carboxylic acids is 2. The van der Waals surface area contributed by atoms with Crippen LogP contribution in [0.2, 0.25) is 0 Å². The summed E-state index contributed by atoms with van der Waals surface area (Å²) < 4.78 is 52.5. The van der Waals surface area contributed by atoms with Crippen LogP contribution in [0.4, 0.5) is 20.6 Å². The molecule has 3 atom stereocenters. The third-order valence-corrected chi connectivity index (χ3v) is 9.24. The van der Waals surface area contributed by atoms with Crippen LogP contribution in [0.3, 0.4) is 0 Å². The predicted molar refractivity (Wildman–Crippen MR) is 157 cm³/mol. The number of carbonyl (C=O) groups is 2. The highest BCUT2D eigenvalue weighted by Crippen LogP contribution is 2.30. The van der Waals surface area contributed by atoms with Crippen molar-refractivity contribution in [2.24, 2.45) is 5.92 Å². The number of amides is 3. The number of likely N-dealkylation sites (N-methyl/N-ethyl adjacent to an activating group) is 1. The molecular weight excluding hydrogens is 581 g/mol. The van der Waals surface area contributed by atoms with Gasteiger partial charge in [0.05, 0.1) is 30.5 Å². The number of ether oxygens (including phenoxy) is 1. The molecule has 43 heavy (non-hydrogen) atoms. The lowest BCUT2D eigenvalue weighted by Gasteiger charge is -2.33. The highest BCUT2D eigenvalue weighted by Gasteiger charge is 2.33.